The van der Waals surface area contributed by atoms with Gasteiger partial charge in [-0.15, -0.1) is 5.54 Å². The minimum Gasteiger partial charge on any atom is -0.398 e. The average Bonchev–Trinajstić information content (AvgIpc) is 2.39. The Hall–Kier alpha value is -1.98. The van der Waals surface area contributed by atoms with Crippen molar-refractivity contribution in [1.82, 2.24) is 0 Å². The van der Waals surface area contributed by atoms with Gasteiger partial charge in [-0.2, -0.15) is 0 Å². The number of nitrogen functional groups attached to an aromatic ring is 1. The highest BCUT2D eigenvalue weighted by atomic mass is 28.3. The molecule has 0 saturated heterocycles. The number of anilines is 1. The highest BCUT2D eigenvalue weighted by Gasteiger charge is 2.20. The van der Waals surface area contributed by atoms with E-state index in [0.717, 1.165) is 11.3 Å². The Bertz CT molecular complexity index is 591. The first-order valence-electron chi connectivity index (χ1n) is 6.03. The summed E-state index contributed by atoms with van der Waals surface area (Å²) in [6.45, 7) is 4.52. The Labute approximate surface area is 110 Å². The molecule has 2 heteroatoms. The van der Waals surface area contributed by atoms with E-state index in [0.29, 0.717) is 0 Å². The van der Waals surface area contributed by atoms with E-state index in [4.69, 9.17) is 5.73 Å². The van der Waals surface area contributed by atoms with Crippen molar-refractivity contribution in [2.75, 3.05) is 5.73 Å². The summed E-state index contributed by atoms with van der Waals surface area (Å²) in [5, 5.41) is 1.35. The van der Waals surface area contributed by atoms with E-state index in [9.17, 15) is 0 Å². The fourth-order valence-electron chi connectivity index (χ4n) is 1.76. The van der Waals surface area contributed by atoms with E-state index in [1.54, 1.807) is 0 Å². The lowest BCUT2D eigenvalue weighted by Gasteiger charge is -2.14. The van der Waals surface area contributed by atoms with E-state index in [-0.39, 0.29) is 0 Å². The van der Waals surface area contributed by atoms with Crippen LogP contribution in [0.3, 0.4) is 0 Å². The topological polar surface area (TPSA) is 26.0 Å². The molecule has 18 heavy (non-hydrogen) atoms. The third-order valence-corrected chi connectivity index (χ3v) is 5.49. The number of rotatable bonds is 1. The van der Waals surface area contributed by atoms with Crippen LogP contribution in [0.25, 0.3) is 0 Å². The van der Waals surface area contributed by atoms with Gasteiger partial charge in [-0.3, -0.25) is 0 Å². The Balaban J connectivity index is 2.33. The molecule has 0 aliphatic rings. The van der Waals surface area contributed by atoms with Gasteiger partial charge in [0.15, 0.2) is 8.07 Å². The second-order valence-corrected chi connectivity index (χ2v) is 8.91. The van der Waals surface area contributed by atoms with Crippen molar-refractivity contribution in [2.24, 2.45) is 0 Å². The highest BCUT2D eigenvalue weighted by molar-refractivity contribution is 6.96. The molecule has 2 N–H and O–H groups in total. The molecule has 0 amide bonds. The van der Waals surface area contributed by atoms with Crippen LogP contribution in [-0.4, -0.2) is 8.07 Å². The van der Waals surface area contributed by atoms with Crippen molar-refractivity contribution in [2.45, 2.75) is 13.1 Å². The quantitative estimate of drug-likeness (QED) is 0.471. The van der Waals surface area contributed by atoms with Crippen LogP contribution in [0, 0.1) is 11.5 Å². The zero-order valence-electron chi connectivity index (χ0n) is 10.8. The Morgan fingerprint density at radius 3 is 2.17 bits per heavy atom. The molecule has 0 radical (unpaired) electrons. The van der Waals surface area contributed by atoms with Gasteiger partial charge in [-0.05, 0) is 17.3 Å². The third kappa shape index (κ3) is 2.82. The van der Waals surface area contributed by atoms with Gasteiger partial charge >= 0.3 is 0 Å². The van der Waals surface area contributed by atoms with Gasteiger partial charge in [0.1, 0.15) is 0 Å². The molecule has 90 valence electrons. The van der Waals surface area contributed by atoms with Crippen molar-refractivity contribution >= 4 is 18.9 Å². The minimum absolute atomic E-state index is 0.753. The molecule has 0 fully saturated rings. The maximum atomic E-state index is 5.90. The van der Waals surface area contributed by atoms with Gasteiger partial charge in [-0.1, -0.05) is 61.5 Å². The van der Waals surface area contributed by atoms with E-state index in [1.807, 2.05) is 30.3 Å². The van der Waals surface area contributed by atoms with Crippen LogP contribution in [-0.2, 0) is 0 Å². The summed E-state index contributed by atoms with van der Waals surface area (Å²) < 4.78 is 0. The lowest BCUT2D eigenvalue weighted by Crippen LogP contribution is -2.39. The number of hydrogen-bond donors (Lipinski definition) is 1. The smallest absolute Gasteiger partial charge is 0.163 e. The van der Waals surface area contributed by atoms with Crippen molar-refractivity contribution in [3.63, 3.8) is 0 Å². The highest BCUT2D eigenvalue weighted by Crippen LogP contribution is 2.09. The first-order chi connectivity index (χ1) is 8.59. The van der Waals surface area contributed by atoms with E-state index < -0.39 is 8.07 Å². The summed E-state index contributed by atoms with van der Waals surface area (Å²) in [5.74, 6) is 3.24. The van der Waals surface area contributed by atoms with Gasteiger partial charge in [0.25, 0.3) is 0 Å². The van der Waals surface area contributed by atoms with Crippen LogP contribution in [0.4, 0.5) is 5.69 Å². The van der Waals surface area contributed by atoms with Crippen molar-refractivity contribution < 1.29 is 0 Å². The van der Waals surface area contributed by atoms with Crippen molar-refractivity contribution in [1.29, 1.82) is 0 Å². The summed E-state index contributed by atoms with van der Waals surface area (Å²) in [4.78, 5) is 0. The molecule has 2 rings (SSSR count). The average molecular weight is 251 g/mol. The molecule has 1 nitrogen and oxygen atoms in total. The third-order valence-electron chi connectivity index (χ3n) is 2.97. The van der Waals surface area contributed by atoms with E-state index in [1.165, 1.54) is 5.19 Å². The van der Waals surface area contributed by atoms with Crippen molar-refractivity contribution in [3.05, 3.63) is 60.2 Å². The predicted molar refractivity (Wildman–Crippen MR) is 81.3 cm³/mol. The summed E-state index contributed by atoms with van der Waals surface area (Å²) in [7, 11) is -1.70. The molecule has 0 aromatic heterocycles. The molecule has 0 aliphatic heterocycles. The molecular weight excluding hydrogens is 234 g/mol. The fourth-order valence-corrected chi connectivity index (χ4v) is 3.38. The van der Waals surface area contributed by atoms with Crippen LogP contribution in [0.1, 0.15) is 5.56 Å². The van der Waals surface area contributed by atoms with Gasteiger partial charge in [0.2, 0.25) is 0 Å². The second-order valence-electron chi connectivity index (χ2n) is 4.83. The number of nitrogens with two attached hydrogens (primary N) is 1. The SMILES string of the molecule is C[Si](C)(C#Cc1ccccc1N)c1ccccc1. The maximum absolute atomic E-state index is 5.90. The van der Waals surface area contributed by atoms with Crippen LogP contribution < -0.4 is 10.9 Å². The first-order valence-corrected chi connectivity index (χ1v) is 9.03. The lowest BCUT2D eigenvalue weighted by atomic mass is 10.2. The number of hydrogen-bond acceptors (Lipinski definition) is 1. The Kier molecular flexibility index (Phi) is 3.54. The molecule has 2 aromatic rings. The van der Waals surface area contributed by atoms with Crippen molar-refractivity contribution in [3.8, 4) is 11.5 Å². The van der Waals surface area contributed by atoms with Gasteiger partial charge in [0, 0.05) is 11.3 Å². The van der Waals surface area contributed by atoms with E-state index in [2.05, 4.69) is 48.8 Å². The van der Waals surface area contributed by atoms with E-state index >= 15 is 0 Å². The molecule has 0 saturated carbocycles. The fraction of sp³-hybridized carbons (Fsp3) is 0.125. The molecule has 0 spiro atoms. The molecule has 0 bridgehead atoms. The lowest BCUT2D eigenvalue weighted by molar-refractivity contribution is 1.63. The van der Waals surface area contributed by atoms with Crippen LogP contribution >= 0.6 is 0 Å². The minimum atomic E-state index is -1.70. The van der Waals surface area contributed by atoms with Crippen LogP contribution in [0.2, 0.25) is 13.1 Å². The molecular formula is C16H17NSi. The van der Waals surface area contributed by atoms with Gasteiger partial charge < -0.3 is 5.73 Å². The molecule has 0 unspecified atom stereocenters. The summed E-state index contributed by atoms with van der Waals surface area (Å²) in [5.41, 5.74) is 11.0. The summed E-state index contributed by atoms with van der Waals surface area (Å²) >= 11 is 0. The summed E-state index contributed by atoms with van der Waals surface area (Å²) in [6.07, 6.45) is 0. The zero-order valence-corrected chi connectivity index (χ0v) is 11.8. The maximum Gasteiger partial charge on any atom is 0.163 e. The molecule has 2 aromatic carbocycles. The number of para-hydroxylation sites is 1. The van der Waals surface area contributed by atoms with Gasteiger partial charge in [-0.25, -0.2) is 0 Å². The summed E-state index contributed by atoms with van der Waals surface area (Å²) in [6, 6.07) is 18.3. The largest absolute Gasteiger partial charge is 0.398 e. The van der Waals surface area contributed by atoms with Gasteiger partial charge in [0.05, 0.1) is 0 Å². The zero-order chi connectivity index (χ0) is 13.0. The molecule has 0 aliphatic carbocycles. The molecule has 0 heterocycles. The second kappa shape index (κ2) is 5.12. The standard InChI is InChI=1S/C16H17NSi/c1-18(2,15-9-4-3-5-10-15)13-12-14-8-6-7-11-16(14)17/h3-11H,17H2,1-2H3. The number of benzene rings is 2. The monoisotopic (exact) mass is 251 g/mol. The normalized spacial score (nSPS) is 10.6. The predicted octanol–water partition coefficient (Wildman–Crippen LogP) is 2.78. The first kappa shape index (κ1) is 12.5. The van der Waals surface area contributed by atoms with Crippen LogP contribution in [0.5, 0.6) is 0 Å². The Morgan fingerprint density at radius 2 is 1.50 bits per heavy atom. The van der Waals surface area contributed by atoms with Crippen LogP contribution in [0.15, 0.2) is 54.6 Å². The molecule has 0 atom stereocenters. The Morgan fingerprint density at radius 1 is 0.889 bits per heavy atom.